The van der Waals surface area contributed by atoms with Crippen LogP contribution >= 0.6 is 0 Å². The van der Waals surface area contributed by atoms with Crippen LogP contribution < -0.4 is 0 Å². The molecular formula is C11H18O. The van der Waals surface area contributed by atoms with Crippen molar-refractivity contribution in [3.8, 4) is 0 Å². The molecule has 68 valence electrons. The lowest BCUT2D eigenvalue weighted by atomic mass is 10.00. The second-order valence-corrected chi connectivity index (χ2v) is 2.89. The third-order valence-corrected chi connectivity index (χ3v) is 1.99. The Morgan fingerprint density at radius 3 is 2.42 bits per heavy atom. The Kier molecular flexibility index (Phi) is 5.18. The molecule has 0 saturated carbocycles. The molecule has 1 nitrogen and oxygen atoms in total. The normalized spacial score (nSPS) is 12.9. The molecule has 1 heteroatoms. The van der Waals surface area contributed by atoms with Crippen LogP contribution in [0.3, 0.4) is 0 Å². The van der Waals surface area contributed by atoms with Gasteiger partial charge in [-0.2, -0.15) is 0 Å². The molecule has 0 aliphatic heterocycles. The van der Waals surface area contributed by atoms with E-state index in [-0.39, 0.29) is 0 Å². The molecule has 0 aliphatic carbocycles. The van der Waals surface area contributed by atoms with Crippen LogP contribution in [0.5, 0.6) is 0 Å². The zero-order valence-electron chi connectivity index (χ0n) is 8.26. The number of hydrogen-bond donors (Lipinski definition) is 0. The molecule has 0 spiro atoms. The Balaban J connectivity index is 3.99. The molecule has 0 amide bonds. The average molecular weight is 166 g/mol. The summed E-state index contributed by atoms with van der Waals surface area (Å²) in [4.78, 5) is 0. The Labute approximate surface area is 75.4 Å². The SMILES string of the molecule is C=C(/C=C\C(=C)C(C)CC)OC. The molecule has 1 unspecified atom stereocenters. The number of allylic oxidation sites excluding steroid dienone is 3. The summed E-state index contributed by atoms with van der Waals surface area (Å²) in [5.41, 5.74) is 1.12. The lowest BCUT2D eigenvalue weighted by Gasteiger charge is -2.07. The number of ether oxygens (including phenoxy) is 1. The highest BCUT2D eigenvalue weighted by atomic mass is 16.5. The van der Waals surface area contributed by atoms with Gasteiger partial charge in [-0.25, -0.2) is 0 Å². The van der Waals surface area contributed by atoms with E-state index in [1.807, 2.05) is 12.2 Å². The zero-order valence-corrected chi connectivity index (χ0v) is 8.26. The molecule has 0 aromatic heterocycles. The van der Waals surface area contributed by atoms with Crippen molar-refractivity contribution in [2.75, 3.05) is 7.11 Å². The van der Waals surface area contributed by atoms with Crippen molar-refractivity contribution in [2.45, 2.75) is 20.3 Å². The van der Waals surface area contributed by atoms with Gasteiger partial charge in [0.05, 0.1) is 7.11 Å². The van der Waals surface area contributed by atoms with E-state index in [4.69, 9.17) is 4.74 Å². The highest BCUT2D eigenvalue weighted by Gasteiger charge is 1.99. The van der Waals surface area contributed by atoms with E-state index in [2.05, 4.69) is 27.0 Å². The molecule has 0 fully saturated rings. The second kappa shape index (κ2) is 5.64. The van der Waals surface area contributed by atoms with E-state index < -0.39 is 0 Å². The standard InChI is InChI=1S/C11H18O/c1-6-9(2)10(3)7-8-11(4)12-5/h7-9H,3-4,6H2,1-2,5H3/b8-7-. The van der Waals surface area contributed by atoms with Crippen LogP contribution in [0, 0.1) is 5.92 Å². The van der Waals surface area contributed by atoms with Gasteiger partial charge in [0.15, 0.2) is 0 Å². The van der Waals surface area contributed by atoms with Crippen molar-refractivity contribution in [3.05, 3.63) is 36.6 Å². The van der Waals surface area contributed by atoms with Crippen molar-refractivity contribution in [1.29, 1.82) is 0 Å². The predicted octanol–water partition coefficient (Wildman–Crippen LogP) is 3.31. The minimum absolute atomic E-state index is 0.533. The van der Waals surface area contributed by atoms with Crippen molar-refractivity contribution < 1.29 is 4.74 Å². The van der Waals surface area contributed by atoms with Crippen LogP contribution in [0.1, 0.15) is 20.3 Å². The van der Waals surface area contributed by atoms with Gasteiger partial charge < -0.3 is 4.74 Å². The third kappa shape index (κ3) is 4.02. The smallest absolute Gasteiger partial charge is 0.111 e. The van der Waals surface area contributed by atoms with Crippen LogP contribution in [-0.4, -0.2) is 7.11 Å². The highest BCUT2D eigenvalue weighted by molar-refractivity contribution is 5.22. The summed E-state index contributed by atoms with van der Waals surface area (Å²) in [5, 5.41) is 0. The minimum Gasteiger partial charge on any atom is -0.497 e. The average Bonchev–Trinajstić information content (AvgIpc) is 2.11. The van der Waals surface area contributed by atoms with E-state index in [1.54, 1.807) is 7.11 Å². The van der Waals surface area contributed by atoms with Crippen LogP contribution in [0.15, 0.2) is 36.6 Å². The largest absolute Gasteiger partial charge is 0.497 e. The Hall–Kier alpha value is -0.980. The maximum atomic E-state index is 4.89. The van der Waals surface area contributed by atoms with Gasteiger partial charge in [0.2, 0.25) is 0 Å². The van der Waals surface area contributed by atoms with Crippen LogP contribution in [0.4, 0.5) is 0 Å². The topological polar surface area (TPSA) is 9.23 Å². The molecular weight excluding hydrogens is 148 g/mol. The lowest BCUT2D eigenvalue weighted by molar-refractivity contribution is 0.308. The summed E-state index contributed by atoms with van der Waals surface area (Å²) in [7, 11) is 1.61. The quantitative estimate of drug-likeness (QED) is 0.450. The maximum absolute atomic E-state index is 4.89. The van der Waals surface area contributed by atoms with E-state index in [0.717, 1.165) is 12.0 Å². The van der Waals surface area contributed by atoms with E-state index in [1.165, 1.54) is 0 Å². The lowest BCUT2D eigenvalue weighted by Crippen LogP contribution is -1.92. The third-order valence-electron chi connectivity index (χ3n) is 1.99. The molecule has 12 heavy (non-hydrogen) atoms. The van der Waals surface area contributed by atoms with Gasteiger partial charge >= 0.3 is 0 Å². The summed E-state index contributed by atoms with van der Waals surface area (Å²) in [6, 6.07) is 0. The first-order valence-electron chi connectivity index (χ1n) is 4.21. The molecule has 0 heterocycles. The van der Waals surface area contributed by atoms with Crippen LogP contribution in [0.25, 0.3) is 0 Å². The van der Waals surface area contributed by atoms with E-state index in [0.29, 0.717) is 11.7 Å². The summed E-state index contributed by atoms with van der Waals surface area (Å²) < 4.78 is 4.89. The second-order valence-electron chi connectivity index (χ2n) is 2.89. The fourth-order valence-corrected chi connectivity index (χ4v) is 0.694. The molecule has 0 rings (SSSR count). The van der Waals surface area contributed by atoms with Gasteiger partial charge in [-0.15, -0.1) is 0 Å². The van der Waals surface area contributed by atoms with Crippen molar-refractivity contribution >= 4 is 0 Å². The molecule has 0 aromatic rings. The Morgan fingerprint density at radius 2 is 2.00 bits per heavy atom. The highest BCUT2D eigenvalue weighted by Crippen LogP contribution is 2.13. The van der Waals surface area contributed by atoms with Gasteiger partial charge in [-0.1, -0.05) is 38.7 Å². The maximum Gasteiger partial charge on any atom is 0.111 e. The Bertz CT molecular complexity index is 189. The first kappa shape index (κ1) is 11.0. The van der Waals surface area contributed by atoms with Gasteiger partial charge in [0.25, 0.3) is 0 Å². The van der Waals surface area contributed by atoms with Crippen molar-refractivity contribution in [3.63, 3.8) is 0 Å². The summed E-state index contributed by atoms with van der Waals surface area (Å²) in [6.07, 6.45) is 4.91. The van der Waals surface area contributed by atoms with Crippen molar-refractivity contribution in [1.82, 2.24) is 0 Å². The fourth-order valence-electron chi connectivity index (χ4n) is 0.694. The number of methoxy groups -OCH3 is 1. The summed E-state index contributed by atoms with van der Waals surface area (Å²) >= 11 is 0. The number of rotatable bonds is 5. The van der Waals surface area contributed by atoms with Crippen molar-refractivity contribution in [2.24, 2.45) is 5.92 Å². The predicted molar refractivity (Wildman–Crippen MR) is 53.9 cm³/mol. The molecule has 0 aliphatic rings. The molecule has 1 atom stereocenters. The van der Waals surface area contributed by atoms with E-state index in [9.17, 15) is 0 Å². The fraction of sp³-hybridized carbons (Fsp3) is 0.455. The molecule has 0 bridgehead atoms. The van der Waals surface area contributed by atoms with Gasteiger partial charge in [0.1, 0.15) is 5.76 Å². The molecule has 0 N–H and O–H groups in total. The van der Waals surface area contributed by atoms with Gasteiger partial charge in [-0.3, -0.25) is 0 Å². The van der Waals surface area contributed by atoms with Gasteiger partial charge in [0, 0.05) is 0 Å². The number of hydrogen-bond acceptors (Lipinski definition) is 1. The van der Waals surface area contributed by atoms with Gasteiger partial charge in [-0.05, 0) is 18.4 Å². The first-order chi connectivity index (χ1) is 5.61. The molecule has 0 aromatic carbocycles. The van der Waals surface area contributed by atoms with Crippen LogP contribution in [0.2, 0.25) is 0 Å². The summed E-state index contributed by atoms with van der Waals surface area (Å²) in [5.74, 6) is 1.20. The van der Waals surface area contributed by atoms with Crippen LogP contribution in [-0.2, 0) is 4.74 Å². The molecule has 0 radical (unpaired) electrons. The van der Waals surface area contributed by atoms with E-state index >= 15 is 0 Å². The zero-order chi connectivity index (χ0) is 9.56. The summed E-state index contributed by atoms with van der Waals surface area (Å²) in [6.45, 7) is 11.9. The first-order valence-corrected chi connectivity index (χ1v) is 4.21. The molecule has 0 saturated heterocycles. The monoisotopic (exact) mass is 166 g/mol. The Morgan fingerprint density at radius 1 is 1.42 bits per heavy atom. The minimum atomic E-state index is 0.533.